The standard InChI is InChI=1S/C18H27BrO3Si/c1-12-8-13-15(20)10-18(5,22-16(13)9-14(12)19)11-21-23(6,7)17(2,3)4/h8-9H,10-11H2,1-7H3. The number of hydrogen-bond acceptors (Lipinski definition) is 3. The van der Waals surface area contributed by atoms with E-state index in [9.17, 15) is 4.79 Å². The van der Waals surface area contributed by atoms with Gasteiger partial charge in [-0.3, -0.25) is 4.79 Å². The second-order valence-electron chi connectivity index (χ2n) is 8.30. The normalized spacial score (nSPS) is 21.8. The molecule has 0 spiro atoms. The van der Waals surface area contributed by atoms with Crippen LogP contribution in [0.15, 0.2) is 16.6 Å². The van der Waals surface area contributed by atoms with Crippen molar-refractivity contribution in [1.29, 1.82) is 0 Å². The van der Waals surface area contributed by atoms with Crippen LogP contribution in [0.1, 0.15) is 50.0 Å². The molecule has 2 rings (SSSR count). The molecular weight excluding hydrogens is 372 g/mol. The molecule has 1 atom stereocenters. The summed E-state index contributed by atoms with van der Waals surface area (Å²) in [5, 5.41) is 0.139. The summed E-state index contributed by atoms with van der Waals surface area (Å²) >= 11 is 3.51. The number of fused-ring (bicyclic) bond motifs is 1. The Hall–Kier alpha value is -0.653. The summed E-state index contributed by atoms with van der Waals surface area (Å²) in [6.45, 7) is 15.5. The van der Waals surface area contributed by atoms with Crippen LogP contribution in [0.2, 0.25) is 18.1 Å². The Balaban J connectivity index is 2.21. The van der Waals surface area contributed by atoms with Gasteiger partial charge >= 0.3 is 0 Å². The highest BCUT2D eigenvalue weighted by Gasteiger charge is 2.42. The van der Waals surface area contributed by atoms with E-state index in [0.717, 1.165) is 10.0 Å². The van der Waals surface area contributed by atoms with Crippen molar-refractivity contribution in [2.24, 2.45) is 0 Å². The van der Waals surface area contributed by atoms with E-state index in [0.29, 0.717) is 24.3 Å². The minimum absolute atomic E-state index is 0.128. The first-order chi connectivity index (χ1) is 10.3. The number of rotatable bonds is 3. The third-order valence-electron chi connectivity index (χ3n) is 5.00. The van der Waals surface area contributed by atoms with Gasteiger partial charge in [0.15, 0.2) is 14.1 Å². The minimum Gasteiger partial charge on any atom is -0.484 e. The van der Waals surface area contributed by atoms with Gasteiger partial charge in [-0.25, -0.2) is 0 Å². The van der Waals surface area contributed by atoms with Gasteiger partial charge in [-0.1, -0.05) is 36.7 Å². The van der Waals surface area contributed by atoms with Crippen molar-refractivity contribution in [3.63, 3.8) is 0 Å². The van der Waals surface area contributed by atoms with Gasteiger partial charge in [-0.2, -0.15) is 0 Å². The molecule has 0 bridgehead atoms. The Labute approximate surface area is 149 Å². The Bertz CT molecular complexity index is 634. The third-order valence-corrected chi connectivity index (χ3v) is 10.3. The number of halogens is 1. The first-order valence-electron chi connectivity index (χ1n) is 8.01. The van der Waals surface area contributed by atoms with Crippen LogP contribution >= 0.6 is 15.9 Å². The molecule has 128 valence electrons. The molecule has 5 heteroatoms. The van der Waals surface area contributed by atoms with Crippen LogP contribution in [0, 0.1) is 6.92 Å². The van der Waals surface area contributed by atoms with Gasteiger partial charge in [0.2, 0.25) is 0 Å². The SMILES string of the molecule is Cc1cc2c(cc1Br)OC(C)(CO[Si](C)(C)C(C)(C)C)CC2=O. The topological polar surface area (TPSA) is 35.5 Å². The fourth-order valence-corrected chi connectivity index (χ4v) is 3.75. The average molecular weight is 399 g/mol. The van der Waals surface area contributed by atoms with E-state index in [1.807, 2.05) is 26.0 Å². The third kappa shape index (κ3) is 3.89. The van der Waals surface area contributed by atoms with Crippen LogP contribution in [0.25, 0.3) is 0 Å². The number of aryl methyl sites for hydroxylation is 1. The number of carbonyl (C=O) groups is 1. The lowest BCUT2D eigenvalue weighted by atomic mass is 9.91. The number of Topliss-reactive ketones (excluding diaryl/α,β-unsaturated/α-hetero) is 1. The summed E-state index contributed by atoms with van der Waals surface area (Å²) < 4.78 is 13.4. The summed E-state index contributed by atoms with van der Waals surface area (Å²) in [6.07, 6.45) is 0.357. The highest BCUT2D eigenvalue weighted by atomic mass is 79.9. The predicted molar refractivity (Wildman–Crippen MR) is 100 cm³/mol. The van der Waals surface area contributed by atoms with Crippen LogP contribution in [0.4, 0.5) is 0 Å². The smallest absolute Gasteiger partial charge is 0.192 e. The van der Waals surface area contributed by atoms with Crippen LogP contribution in [-0.4, -0.2) is 26.3 Å². The predicted octanol–water partition coefficient (Wildman–Crippen LogP) is 5.50. The van der Waals surface area contributed by atoms with Gasteiger partial charge in [-0.15, -0.1) is 0 Å². The lowest BCUT2D eigenvalue weighted by Crippen LogP contribution is -2.49. The Kier molecular flexibility index (Phi) is 4.88. The molecule has 1 aliphatic heterocycles. The number of ketones is 1. The first kappa shape index (κ1) is 18.7. The minimum atomic E-state index is -1.87. The molecule has 3 nitrogen and oxygen atoms in total. The molecule has 1 aliphatic rings. The number of benzene rings is 1. The van der Waals surface area contributed by atoms with Crippen molar-refractivity contribution >= 4 is 30.0 Å². The van der Waals surface area contributed by atoms with E-state index in [2.05, 4.69) is 49.8 Å². The average Bonchev–Trinajstić information content (AvgIpc) is 2.38. The molecule has 0 saturated heterocycles. The first-order valence-corrected chi connectivity index (χ1v) is 11.7. The molecule has 0 N–H and O–H groups in total. The summed E-state index contributed by atoms with van der Waals surface area (Å²) in [5.74, 6) is 0.781. The Morgan fingerprint density at radius 1 is 1.35 bits per heavy atom. The molecular formula is C18H27BrO3Si. The molecule has 1 heterocycles. The molecule has 1 unspecified atom stereocenters. The second kappa shape index (κ2) is 6.01. The van der Waals surface area contributed by atoms with E-state index in [4.69, 9.17) is 9.16 Å². The van der Waals surface area contributed by atoms with Crippen LogP contribution in [-0.2, 0) is 4.43 Å². The Morgan fingerprint density at radius 3 is 2.52 bits per heavy atom. The number of hydrogen-bond donors (Lipinski definition) is 0. The van der Waals surface area contributed by atoms with Crippen molar-refractivity contribution in [1.82, 2.24) is 0 Å². The maximum Gasteiger partial charge on any atom is 0.192 e. The number of carbonyl (C=O) groups excluding carboxylic acids is 1. The highest BCUT2D eigenvalue weighted by molar-refractivity contribution is 9.10. The second-order valence-corrected chi connectivity index (χ2v) is 14.0. The quantitative estimate of drug-likeness (QED) is 0.630. The van der Waals surface area contributed by atoms with Gasteiger partial charge in [0.25, 0.3) is 0 Å². The Morgan fingerprint density at radius 2 is 1.96 bits per heavy atom. The molecule has 1 aromatic rings. The summed E-state index contributed by atoms with van der Waals surface area (Å²) in [7, 11) is -1.87. The van der Waals surface area contributed by atoms with Crippen LogP contribution in [0.3, 0.4) is 0 Å². The summed E-state index contributed by atoms with van der Waals surface area (Å²) in [5.41, 5.74) is 1.12. The molecule has 0 amide bonds. The number of ether oxygens (including phenoxy) is 1. The molecule has 0 saturated carbocycles. The molecule has 0 aromatic heterocycles. The molecule has 1 aromatic carbocycles. The highest BCUT2D eigenvalue weighted by Crippen LogP contribution is 2.40. The van der Waals surface area contributed by atoms with Crippen LogP contribution in [0.5, 0.6) is 5.75 Å². The molecule has 23 heavy (non-hydrogen) atoms. The maximum atomic E-state index is 12.5. The van der Waals surface area contributed by atoms with Gasteiger partial charge in [0.05, 0.1) is 18.6 Å². The summed E-state index contributed by atoms with van der Waals surface area (Å²) in [6, 6.07) is 3.79. The molecule has 0 aliphatic carbocycles. The fraction of sp³-hybridized carbons (Fsp3) is 0.611. The van der Waals surface area contributed by atoms with Crippen molar-refractivity contribution in [2.45, 2.75) is 64.8 Å². The van der Waals surface area contributed by atoms with Crippen molar-refractivity contribution in [3.05, 3.63) is 27.7 Å². The fourth-order valence-electron chi connectivity index (χ4n) is 2.33. The summed E-state index contributed by atoms with van der Waals surface area (Å²) in [4.78, 5) is 12.5. The van der Waals surface area contributed by atoms with Gasteiger partial charge < -0.3 is 9.16 Å². The zero-order valence-electron chi connectivity index (χ0n) is 15.2. The van der Waals surface area contributed by atoms with E-state index in [-0.39, 0.29) is 10.8 Å². The van der Waals surface area contributed by atoms with Gasteiger partial charge in [0, 0.05) is 4.47 Å². The van der Waals surface area contributed by atoms with Crippen molar-refractivity contribution in [3.8, 4) is 5.75 Å². The largest absolute Gasteiger partial charge is 0.484 e. The van der Waals surface area contributed by atoms with Crippen molar-refractivity contribution in [2.75, 3.05) is 6.61 Å². The van der Waals surface area contributed by atoms with Crippen LogP contribution < -0.4 is 4.74 Å². The van der Waals surface area contributed by atoms with Gasteiger partial charge in [0.1, 0.15) is 11.4 Å². The van der Waals surface area contributed by atoms with Gasteiger partial charge in [-0.05, 0) is 49.7 Å². The zero-order valence-corrected chi connectivity index (χ0v) is 17.8. The van der Waals surface area contributed by atoms with Crippen molar-refractivity contribution < 1.29 is 14.0 Å². The maximum absolute atomic E-state index is 12.5. The van der Waals surface area contributed by atoms with E-state index < -0.39 is 13.9 Å². The zero-order chi connectivity index (χ0) is 17.6. The van der Waals surface area contributed by atoms with E-state index >= 15 is 0 Å². The monoisotopic (exact) mass is 398 g/mol. The molecule has 0 radical (unpaired) electrons. The molecule has 0 fully saturated rings. The van der Waals surface area contributed by atoms with E-state index in [1.54, 1.807) is 0 Å². The lowest BCUT2D eigenvalue weighted by molar-refractivity contribution is 0.0148. The van der Waals surface area contributed by atoms with E-state index in [1.165, 1.54) is 0 Å². The lowest BCUT2D eigenvalue weighted by Gasteiger charge is -2.41.